The maximum atomic E-state index is 11.6. The standard InChI is InChI=1S/C10H11N3O3/c1-3-16-10(15)7-5-11-13-6(2)12-9(14)4-8(7)13/h4-5,11H,3H2,1-2H3. The first kappa shape index (κ1) is 10.4. The van der Waals surface area contributed by atoms with Gasteiger partial charge in [-0.3, -0.25) is 9.89 Å². The number of aryl methyl sites for hydroxylation is 1. The van der Waals surface area contributed by atoms with Gasteiger partial charge >= 0.3 is 5.97 Å². The molecule has 0 aliphatic carbocycles. The Morgan fingerprint density at radius 2 is 2.38 bits per heavy atom. The molecule has 2 aromatic rings. The summed E-state index contributed by atoms with van der Waals surface area (Å²) in [6, 6.07) is 1.30. The Bertz CT molecular complexity index is 597. The predicted molar refractivity (Wildman–Crippen MR) is 56.5 cm³/mol. The van der Waals surface area contributed by atoms with Crippen molar-refractivity contribution in [2.45, 2.75) is 13.8 Å². The molecule has 0 aliphatic heterocycles. The smallest absolute Gasteiger partial charge is 0.341 e. The minimum absolute atomic E-state index is 0.296. The molecular formula is C10H11N3O3. The van der Waals surface area contributed by atoms with Crippen molar-refractivity contribution in [2.75, 3.05) is 6.61 Å². The largest absolute Gasteiger partial charge is 0.462 e. The summed E-state index contributed by atoms with van der Waals surface area (Å²) in [5.74, 6) is 0.0456. The van der Waals surface area contributed by atoms with Crippen molar-refractivity contribution < 1.29 is 9.53 Å². The van der Waals surface area contributed by atoms with Crippen LogP contribution in [0, 0.1) is 6.92 Å². The van der Waals surface area contributed by atoms with Gasteiger partial charge in [-0.1, -0.05) is 0 Å². The lowest BCUT2D eigenvalue weighted by Gasteiger charge is -2.00. The highest BCUT2D eigenvalue weighted by atomic mass is 16.5. The molecule has 0 aliphatic rings. The number of aromatic amines is 1. The predicted octanol–water partition coefficient (Wildman–Crippen LogP) is 0.508. The zero-order valence-corrected chi connectivity index (χ0v) is 8.98. The van der Waals surface area contributed by atoms with Crippen molar-refractivity contribution in [2.24, 2.45) is 0 Å². The quantitative estimate of drug-likeness (QED) is 0.749. The number of nitrogens with zero attached hydrogens (tertiary/aromatic N) is 2. The molecule has 0 saturated heterocycles. The van der Waals surface area contributed by atoms with E-state index in [0.717, 1.165) is 0 Å². The maximum absolute atomic E-state index is 11.6. The van der Waals surface area contributed by atoms with E-state index in [4.69, 9.17) is 4.74 Å². The Kier molecular flexibility index (Phi) is 2.47. The molecule has 2 aromatic heterocycles. The lowest BCUT2D eigenvalue weighted by molar-refractivity contribution is 0.0528. The third-order valence-electron chi connectivity index (χ3n) is 2.21. The van der Waals surface area contributed by atoms with Crippen LogP contribution in [0.1, 0.15) is 23.1 Å². The molecule has 0 spiro atoms. The molecule has 0 fully saturated rings. The van der Waals surface area contributed by atoms with Gasteiger partial charge in [0.15, 0.2) is 0 Å². The van der Waals surface area contributed by atoms with E-state index in [0.29, 0.717) is 23.5 Å². The zero-order chi connectivity index (χ0) is 11.7. The van der Waals surface area contributed by atoms with Crippen molar-refractivity contribution in [1.29, 1.82) is 0 Å². The van der Waals surface area contributed by atoms with Gasteiger partial charge in [0, 0.05) is 12.3 Å². The lowest BCUT2D eigenvalue weighted by atomic mass is 10.3. The molecule has 6 nitrogen and oxygen atoms in total. The third kappa shape index (κ3) is 1.58. The highest BCUT2D eigenvalue weighted by Gasteiger charge is 2.14. The van der Waals surface area contributed by atoms with Gasteiger partial charge in [0.1, 0.15) is 11.4 Å². The molecule has 0 amide bonds. The van der Waals surface area contributed by atoms with Gasteiger partial charge < -0.3 is 4.74 Å². The van der Waals surface area contributed by atoms with E-state index >= 15 is 0 Å². The minimum atomic E-state index is -0.453. The van der Waals surface area contributed by atoms with Crippen molar-refractivity contribution in [3.05, 3.63) is 34.0 Å². The number of aromatic nitrogens is 3. The van der Waals surface area contributed by atoms with Crippen LogP contribution in [0.5, 0.6) is 0 Å². The van der Waals surface area contributed by atoms with Crippen LogP contribution in [0.25, 0.3) is 5.52 Å². The van der Waals surface area contributed by atoms with E-state index in [1.54, 1.807) is 18.4 Å². The van der Waals surface area contributed by atoms with E-state index < -0.39 is 5.97 Å². The van der Waals surface area contributed by atoms with Crippen LogP contribution in [0.15, 0.2) is 17.1 Å². The summed E-state index contributed by atoms with van der Waals surface area (Å²) in [5.41, 5.74) is 0.447. The monoisotopic (exact) mass is 221 g/mol. The first-order chi connectivity index (χ1) is 7.63. The van der Waals surface area contributed by atoms with Gasteiger partial charge in [0.05, 0.1) is 12.1 Å². The number of fused-ring (bicyclic) bond motifs is 1. The first-order valence-corrected chi connectivity index (χ1v) is 4.88. The van der Waals surface area contributed by atoms with Gasteiger partial charge in [0.25, 0.3) is 5.56 Å². The molecule has 16 heavy (non-hydrogen) atoms. The fourth-order valence-corrected chi connectivity index (χ4v) is 1.53. The average molecular weight is 221 g/mol. The number of hydrogen-bond acceptors (Lipinski definition) is 4. The van der Waals surface area contributed by atoms with Crippen molar-refractivity contribution in [1.82, 2.24) is 14.6 Å². The Morgan fingerprint density at radius 1 is 1.62 bits per heavy atom. The molecule has 1 N–H and O–H groups in total. The molecule has 84 valence electrons. The summed E-state index contributed by atoms with van der Waals surface area (Å²) in [7, 11) is 0. The average Bonchev–Trinajstić information content (AvgIpc) is 2.61. The summed E-state index contributed by atoms with van der Waals surface area (Å²) in [6.45, 7) is 3.70. The second-order valence-corrected chi connectivity index (χ2v) is 3.27. The SMILES string of the molecule is CCOC(=O)c1c[nH]n2c(C)nc(=O)cc12. The van der Waals surface area contributed by atoms with Crippen LogP contribution in [-0.4, -0.2) is 27.2 Å². The second kappa shape index (κ2) is 3.80. The fraction of sp³-hybridized carbons (Fsp3) is 0.300. The van der Waals surface area contributed by atoms with Crippen LogP contribution >= 0.6 is 0 Å². The topological polar surface area (TPSA) is 76.5 Å². The molecule has 6 heteroatoms. The van der Waals surface area contributed by atoms with Crippen molar-refractivity contribution in [3.63, 3.8) is 0 Å². The summed E-state index contributed by atoms with van der Waals surface area (Å²) in [5, 5.41) is 2.84. The highest BCUT2D eigenvalue weighted by Crippen LogP contribution is 2.10. The fourth-order valence-electron chi connectivity index (χ4n) is 1.53. The van der Waals surface area contributed by atoms with Crippen LogP contribution in [0.4, 0.5) is 0 Å². The van der Waals surface area contributed by atoms with Crippen LogP contribution in [0.3, 0.4) is 0 Å². The number of rotatable bonds is 2. The maximum Gasteiger partial charge on any atom is 0.341 e. The Hall–Kier alpha value is -2.11. The molecule has 0 unspecified atom stereocenters. The summed E-state index contributed by atoms with van der Waals surface area (Å²) >= 11 is 0. The summed E-state index contributed by atoms with van der Waals surface area (Å²) in [4.78, 5) is 26.6. The first-order valence-electron chi connectivity index (χ1n) is 4.88. The molecule has 0 saturated carbocycles. The Morgan fingerprint density at radius 3 is 3.06 bits per heavy atom. The van der Waals surface area contributed by atoms with Gasteiger partial charge in [-0.15, -0.1) is 0 Å². The summed E-state index contributed by atoms with van der Waals surface area (Å²) in [6.07, 6.45) is 1.50. The molecule has 0 radical (unpaired) electrons. The van der Waals surface area contributed by atoms with Gasteiger partial charge in [-0.05, 0) is 13.8 Å². The van der Waals surface area contributed by atoms with Crippen LogP contribution in [-0.2, 0) is 4.74 Å². The van der Waals surface area contributed by atoms with Crippen LogP contribution < -0.4 is 5.56 Å². The number of esters is 1. The van der Waals surface area contributed by atoms with E-state index in [2.05, 4.69) is 10.1 Å². The third-order valence-corrected chi connectivity index (χ3v) is 2.21. The number of carbonyl (C=O) groups excluding carboxylic acids is 1. The highest BCUT2D eigenvalue weighted by molar-refractivity contribution is 5.96. The molecule has 0 atom stereocenters. The molecule has 2 heterocycles. The number of carbonyl (C=O) groups is 1. The van der Waals surface area contributed by atoms with Gasteiger partial charge in [-0.25, -0.2) is 9.31 Å². The van der Waals surface area contributed by atoms with Crippen molar-refractivity contribution >= 4 is 11.5 Å². The number of ether oxygens (including phenoxy) is 1. The number of H-pyrrole nitrogens is 1. The summed E-state index contributed by atoms with van der Waals surface area (Å²) < 4.78 is 6.44. The van der Waals surface area contributed by atoms with E-state index in [1.807, 2.05) is 0 Å². The lowest BCUT2D eigenvalue weighted by Crippen LogP contribution is -2.12. The van der Waals surface area contributed by atoms with Crippen molar-refractivity contribution in [3.8, 4) is 0 Å². The Labute approximate surface area is 90.9 Å². The minimum Gasteiger partial charge on any atom is -0.462 e. The van der Waals surface area contributed by atoms with E-state index in [1.165, 1.54) is 12.3 Å². The molecule has 2 rings (SSSR count). The normalized spacial score (nSPS) is 10.6. The van der Waals surface area contributed by atoms with E-state index in [9.17, 15) is 9.59 Å². The zero-order valence-electron chi connectivity index (χ0n) is 8.98. The number of hydrogen-bond donors (Lipinski definition) is 1. The number of nitrogens with one attached hydrogen (secondary N) is 1. The van der Waals surface area contributed by atoms with E-state index in [-0.39, 0.29) is 5.56 Å². The Balaban J connectivity index is 2.64. The van der Waals surface area contributed by atoms with Gasteiger partial charge in [-0.2, -0.15) is 4.98 Å². The van der Waals surface area contributed by atoms with Crippen LogP contribution in [0.2, 0.25) is 0 Å². The molecular weight excluding hydrogens is 210 g/mol. The molecule has 0 bridgehead atoms. The second-order valence-electron chi connectivity index (χ2n) is 3.27. The van der Waals surface area contributed by atoms with Gasteiger partial charge in [0.2, 0.25) is 0 Å². The molecule has 0 aromatic carbocycles.